The van der Waals surface area contributed by atoms with Crippen LogP contribution in [0.5, 0.6) is 5.75 Å². The van der Waals surface area contributed by atoms with Crippen LogP contribution >= 0.6 is 11.6 Å². The van der Waals surface area contributed by atoms with E-state index in [1.54, 1.807) is 0 Å². The number of hydrogen-bond acceptors (Lipinski definition) is 3. The number of benzene rings is 1. The molecule has 1 atom stereocenters. The molecule has 5 heteroatoms. The third kappa shape index (κ3) is 3.32. The Bertz CT molecular complexity index is 593. The summed E-state index contributed by atoms with van der Waals surface area (Å²) in [4.78, 5) is 0. The summed E-state index contributed by atoms with van der Waals surface area (Å²) in [6.45, 7) is 4.45. The molecule has 0 unspecified atom stereocenters. The average molecular weight is 294 g/mol. The summed E-state index contributed by atoms with van der Waals surface area (Å²) in [5, 5.41) is 4.97. The van der Waals surface area contributed by atoms with Gasteiger partial charge in [0.05, 0.1) is 16.4 Å². The topological polar surface area (TPSA) is 53.1 Å². The minimum atomic E-state index is -0.0364. The molecule has 0 spiro atoms. The number of hydrogen-bond donors (Lipinski definition) is 1. The Kier molecular flexibility index (Phi) is 4.68. The molecule has 0 aliphatic carbocycles. The molecule has 1 aromatic heterocycles. The maximum absolute atomic E-state index is 6.21. The van der Waals surface area contributed by atoms with E-state index in [9.17, 15) is 0 Å². The predicted molar refractivity (Wildman–Crippen MR) is 81.0 cm³/mol. The quantitative estimate of drug-likeness (QED) is 0.921. The first-order valence-corrected chi connectivity index (χ1v) is 7.08. The molecule has 4 nitrogen and oxygen atoms in total. The summed E-state index contributed by atoms with van der Waals surface area (Å²) in [5.74, 6) is 0.662. The zero-order valence-corrected chi connectivity index (χ0v) is 12.8. The third-order valence-electron chi connectivity index (χ3n) is 3.25. The van der Waals surface area contributed by atoms with E-state index in [2.05, 4.69) is 12.0 Å². The van der Waals surface area contributed by atoms with E-state index in [4.69, 9.17) is 22.1 Å². The van der Waals surface area contributed by atoms with Crippen LogP contribution in [0, 0.1) is 0 Å². The molecule has 0 radical (unpaired) electrons. The summed E-state index contributed by atoms with van der Waals surface area (Å²) in [6, 6.07) is 7.66. The molecule has 0 amide bonds. The van der Waals surface area contributed by atoms with Crippen molar-refractivity contribution >= 4 is 11.6 Å². The lowest BCUT2D eigenvalue weighted by Gasteiger charge is -2.11. The van der Waals surface area contributed by atoms with Crippen molar-refractivity contribution in [1.29, 1.82) is 0 Å². The van der Waals surface area contributed by atoms with Gasteiger partial charge in [-0.15, -0.1) is 0 Å². The molecular formula is C15H20ClN3O. The highest BCUT2D eigenvalue weighted by Gasteiger charge is 2.08. The fourth-order valence-electron chi connectivity index (χ4n) is 1.95. The van der Waals surface area contributed by atoms with Gasteiger partial charge < -0.3 is 10.5 Å². The van der Waals surface area contributed by atoms with Gasteiger partial charge in [-0.25, -0.2) is 0 Å². The summed E-state index contributed by atoms with van der Waals surface area (Å²) < 4.78 is 7.60. The van der Waals surface area contributed by atoms with E-state index < -0.39 is 0 Å². The van der Waals surface area contributed by atoms with Crippen LogP contribution in [0.15, 0.2) is 24.3 Å². The Labute approximate surface area is 124 Å². The minimum absolute atomic E-state index is 0.0364. The summed E-state index contributed by atoms with van der Waals surface area (Å²) in [6.07, 6.45) is 0.914. The van der Waals surface area contributed by atoms with Gasteiger partial charge in [0.15, 0.2) is 0 Å². The van der Waals surface area contributed by atoms with Crippen molar-refractivity contribution in [1.82, 2.24) is 9.78 Å². The molecule has 20 heavy (non-hydrogen) atoms. The lowest BCUT2D eigenvalue weighted by Crippen LogP contribution is -2.06. The molecule has 0 bridgehead atoms. The van der Waals surface area contributed by atoms with Crippen LogP contribution in [-0.4, -0.2) is 9.78 Å². The second-order valence-corrected chi connectivity index (χ2v) is 5.28. The van der Waals surface area contributed by atoms with Crippen molar-refractivity contribution in [2.45, 2.75) is 32.9 Å². The monoisotopic (exact) mass is 293 g/mol. The SMILES string of the molecule is CCc1cc(COc2ccc([C@@H](C)N)cc2Cl)n(C)n1. The number of halogens is 1. The van der Waals surface area contributed by atoms with Gasteiger partial charge in [0, 0.05) is 13.1 Å². The standard InChI is InChI=1S/C15H20ClN3O/c1-4-12-8-13(19(3)18-12)9-20-15-6-5-11(10(2)17)7-14(15)16/h5-8,10H,4,9,17H2,1-3H3/t10-/m1/s1. The van der Waals surface area contributed by atoms with Gasteiger partial charge >= 0.3 is 0 Å². The zero-order chi connectivity index (χ0) is 14.7. The van der Waals surface area contributed by atoms with Crippen molar-refractivity contribution in [2.24, 2.45) is 12.8 Å². The van der Waals surface area contributed by atoms with Gasteiger partial charge in [0.1, 0.15) is 12.4 Å². The van der Waals surface area contributed by atoms with E-state index in [1.165, 1.54) is 0 Å². The molecule has 0 fully saturated rings. The van der Waals surface area contributed by atoms with Crippen LogP contribution in [0.3, 0.4) is 0 Å². The average Bonchev–Trinajstić information content (AvgIpc) is 2.78. The van der Waals surface area contributed by atoms with Crippen LogP contribution in [0.4, 0.5) is 0 Å². The minimum Gasteiger partial charge on any atom is -0.486 e. The molecule has 0 saturated carbocycles. The van der Waals surface area contributed by atoms with Crippen molar-refractivity contribution in [2.75, 3.05) is 0 Å². The highest BCUT2D eigenvalue weighted by Crippen LogP contribution is 2.28. The molecule has 1 aromatic carbocycles. The van der Waals surface area contributed by atoms with E-state index >= 15 is 0 Å². The van der Waals surface area contributed by atoms with Gasteiger partial charge in [-0.3, -0.25) is 4.68 Å². The molecule has 2 aromatic rings. The Morgan fingerprint density at radius 2 is 2.15 bits per heavy atom. The summed E-state index contributed by atoms with van der Waals surface area (Å²) >= 11 is 6.21. The van der Waals surface area contributed by atoms with Crippen molar-refractivity contribution in [3.05, 3.63) is 46.2 Å². The zero-order valence-electron chi connectivity index (χ0n) is 12.1. The van der Waals surface area contributed by atoms with Crippen LogP contribution in [-0.2, 0) is 20.1 Å². The second-order valence-electron chi connectivity index (χ2n) is 4.87. The van der Waals surface area contributed by atoms with E-state index in [0.29, 0.717) is 17.4 Å². The fraction of sp³-hybridized carbons (Fsp3) is 0.400. The van der Waals surface area contributed by atoms with Gasteiger partial charge in [-0.1, -0.05) is 24.6 Å². The first-order chi connectivity index (χ1) is 9.51. The lowest BCUT2D eigenvalue weighted by molar-refractivity contribution is 0.295. The summed E-state index contributed by atoms with van der Waals surface area (Å²) in [5.41, 5.74) is 8.90. The molecule has 0 aliphatic heterocycles. The Hall–Kier alpha value is -1.52. The maximum Gasteiger partial charge on any atom is 0.138 e. The maximum atomic E-state index is 6.21. The van der Waals surface area contributed by atoms with E-state index in [-0.39, 0.29) is 6.04 Å². The highest BCUT2D eigenvalue weighted by atomic mass is 35.5. The van der Waals surface area contributed by atoms with Crippen LogP contribution in [0.1, 0.15) is 36.8 Å². The highest BCUT2D eigenvalue weighted by molar-refractivity contribution is 6.32. The number of ether oxygens (including phenoxy) is 1. The second kappa shape index (κ2) is 6.29. The smallest absolute Gasteiger partial charge is 0.138 e. The lowest BCUT2D eigenvalue weighted by atomic mass is 10.1. The molecule has 1 heterocycles. The number of nitrogens with zero attached hydrogens (tertiary/aromatic N) is 2. The first kappa shape index (κ1) is 14.9. The van der Waals surface area contributed by atoms with Gasteiger partial charge in [-0.2, -0.15) is 5.10 Å². The number of aromatic nitrogens is 2. The van der Waals surface area contributed by atoms with Crippen LogP contribution in [0.2, 0.25) is 5.02 Å². The number of aryl methyl sites for hydroxylation is 2. The Morgan fingerprint density at radius 1 is 1.40 bits per heavy atom. The van der Waals surface area contributed by atoms with Crippen LogP contribution < -0.4 is 10.5 Å². The first-order valence-electron chi connectivity index (χ1n) is 6.71. The van der Waals surface area contributed by atoms with Crippen molar-refractivity contribution in [3.63, 3.8) is 0 Å². The Morgan fingerprint density at radius 3 is 2.70 bits per heavy atom. The van der Waals surface area contributed by atoms with E-state index in [1.807, 2.05) is 42.9 Å². The molecule has 2 N–H and O–H groups in total. The van der Waals surface area contributed by atoms with Crippen molar-refractivity contribution in [3.8, 4) is 5.75 Å². The predicted octanol–water partition coefficient (Wildman–Crippen LogP) is 3.23. The fourth-order valence-corrected chi connectivity index (χ4v) is 2.19. The molecule has 108 valence electrons. The normalized spacial score (nSPS) is 12.4. The van der Waals surface area contributed by atoms with E-state index in [0.717, 1.165) is 23.4 Å². The number of rotatable bonds is 5. The van der Waals surface area contributed by atoms with Gasteiger partial charge in [0.2, 0.25) is 0 Å². The van der Waals surface area contributed by atoms with Gasteiger partial charge in [0.25, 0.3) is 0 Å². The molecular weight excluding hydrogens is 274 g/mol. The molecule has 2 rings (SSSR count). The third-order valence-corrected chi connectivity index (χ3v) is 3.54. The Balaban J connectivity index is 2.08. The molecule has 0 saturated heterocycles. The van der Waals surface area contributed by atoms with Gasteiger partial charge in [-0.05, 0) is 37.1 Å². The summed E-state index contributed by atoms with van der Waals surface area (Å²) in [7, 11) is 1.92. The van der Waals surface area contributed by atoms with Crippen molar-refractivity contribution < 1.29 is 4.74 Å². The van der Waals surface area contributed by atoms with Crippen LogP contribution in [0.25, 0.3) is 0 Å². The number of nitrogens with two attached hydrogens (primary N) is 1. The largest absolute Gasteiger partial charge is 0.486 e. The molecule has 0 aliphatic rings.